The van der Waals surface area contributed by atoms with Crippen LogP contribution in [0.3, 0.4) is 0 Å². The van der Waals surface area contributed by atoms with Crippen LogP contribution in [0.1, 0.15) is 22.4 Å². The fraction of sp³-hybridized carbons (Fsp3) is 0.214. The molecule has 1 aromatic carbocycles. The number of aryl methyl sites for hydroxylation is 1. The molecule has 0 aliphatic rings. The lowest BCUT2D eigenvalue weighted by Gasteiger charge is -2.09. The van der Waals surface area contributed by atoms with E-state index in [4.69, 9.17) is 5.73 Å². The quantitative estimate of drug-likeness (QED) is 0.818. The van der Waals surface area contributed by atoms with Gasteiger partial charge in [-0.25, -0.2) is 0 Å². The Balaban J connectivity index is 2.18. The minimum Gasteiger partial charge on any atom is -0.399 e. The number of nitrogen functional groups attached to an aromatic ring is 1. The third-order valence-corrected chi connectivity index (χ3v) is 3.01. The summed E-state index contributed by atoms with van der Waals surface area (Å²) in [4.78, 5) is 0. The predicted octanol–water partition coefficient (Wildman–Crippen LogP) is 2.16. The van der Waals surface area contributed by atoms with Crippen LogP contribution in [0.5, 0.6) is 0 Å². The van der Waals surface area contributed by atoms with Crippen LogP contribution in [0.2, 0.25) is 0 Å². The van der Waals surface area contributed by atoms with Gasteiger partial charge in [0.2, 0.25) is 0 Å². The van der Waals surface area contributed by atoms with Crippen LogP contribution in [-0.2, 0) is 6.54 Å². The van der Waals surface area contributed by atoms with E-state index < -0.39 is 0 Å². The van der Waals surface area contributed by atoms with Crippen LogP contribution in [0.4, 0.5) is 11.5 Å². The predicted molar refractivity (Wildman–Crippen MR) is 74.4 cm³/mol. The number of nitrogens with one attached hydrogen (secondary N) is 1. The molecule has 0 bridgehead atoms. The van der Waals surface area contributed by atoms with Gasteiger partial charge in [-0.1, -0.05) is 12.1 Å². The minimum absolute atomic E-state index is 0.516. The summed E-state index contributed by atoms with van der Waals surface area (Å²) in [6.45, 7) is 4.29. The van der Waals surface area contributed by atoms with E-state index in [1.807, 2.05) is 38.1 Å². The first-order valence-corrected chi connectivity index (χ1v) is 5.94. The third kappa shape index (κ3) is 2.80. The monoisotopic (exact) mass is 253 g/mol. The number of nitriles is 1. The molecule has 0 fully saturated rings. The van der Waals surface area contributed by atoms with E-state index in [0.717, 1.165) is 22.5 Å². The van der Waals surface area contributed by atoms with Crippen molar-refractivity contribution < 1.29 is 0 Å². The maximum absolute atomic E-state index is 9.18. The lowest BCUT2D eigenvalue weighted by atomic mass is 10.1. The molecule has 0 atom stereocenters. The van der Waals surface area contributed by atoms with Crippen LogP contribution in [0, 0.1) is 25.2 Å². The molecule has 19 heavy (non-hydrogen) atoms. The molecule has 1 heterocycles. The van der Waals surface area contributed by atoms with Crippen molar-refractivity contribution in [2.75, 3.05) is 11.1 Å². The molecule has 0 saturated carbocycles. The second-order valence-electron chi connectivity index (χ2n) is 4.34. The van der Waals surface area contributed by atoms with Gasteiger partial charge in [0.1, 0.15) is 11.6 Å². The summed E-state index contributed by atoms with van der Waals surface area (Å²) in [5.41, 5.74) is 9.60. The van der Waals surface area contributed by atoms with Crippen LogP contribution in [0.25, 0.3) is 0 Å². The van der Waals surface area contributed by atoms with Crippen molar-refractivity contribution in [1.29, 1.82) is 5.26 Å². The summed E-state index contributed by atoms with van der Waals surface area (Å²) in [5, 5.41) is 20.4. The van der Waals surface area contributed by atoms with E-state index in [0.29, 0.717) is 17.9 Å². The summed E-state index contributed by atoms with van der Waals surface area (Å²) in [7, 11) is 0. The topological polar surface area (TPSA) is 87.6 Å². The molecule has 1 aromatic heterocycles. The van der Waals surface area contributed by atoms with E-state index in [-0.39, 0.29) is 0 Å². The van der Waals surface area contributed by atoms with E-state index >= 15 is 0 Å². The summed E-state index contributed by atoms with van der Waals surface area (Å²) in [6, 6.07) is 9.71. The van der Waals surface area contributed by atoms with Crippen molar-refractivity contribution in [2.24, 2.45) is 0 Å². The molecular weight excluding hydrogens is 238 g/mol. The van der Waals surface area contributed by atoms with Gasteiger partial charge < -0.3 is 11.1 Å². The molecule has 0 spiro atoms. The average molecular weight is 253 g/mol. The van der Waals surface area contributed by atoms with Gasteiger partial charge in [0.05, 0.1) is 5.69 Å². The first-order chi connectivity index (χ1) is 9.11. The Morgan fingerprint density at radius 3 is 2.53 bits per heavy atom. The van der Waals surface area contributed by atoms with Crippen molar-refractivity contribution in [1.82, 2.24) is 10.2 Å². The lowest BCUT2D eigenvalue weighted by Crippen LogP contribution is -2.07. The molecule has 0 saturated heterocycles. The minimum atomic E-state index is 0.516. The Morgan fingerprint density at radius 2 is 1.89 bits per heavy atom. The Hall–Kier alpha value is -2.61. The number of hydrogen-bond donors (Lipinski definition) is 2. The Kier molecular flexibility index (Phi) is 3.62. The van der Waals surface area contributed by atoms with Gasteiger partial charge in [-0.15, -0.1) is 5.10 Å². The summed E-state index contributed by atoms with van der Waals surface area (Å²) < 4.78 is 0. The van der Waals surface area contributed by atoms with E-state index in [2.05, 4.69) is 21.6 Å². The van der Waals surface area contributed by atoms with Gasteiger partial charge in [0, 0.05) is 12.2 Å². The maximum atomic E-state index is 9.18. The van der Waals surface area contributed by atoms with Crippen molar-refractivity contribution in [2.45, 2.75) is 20.4 Å². The second kappa shape index (κ2) is 5.36. The molecule has 5 nitrogen and oxygen atoms in total. The molecule has 0 aliphatic heterocycles. The van der Waals surface area contributed by atoms with Gasteiger partial charge in [0.15, 0.2) is 5.82 Å². The first-order valence-electron chi connectivity index (χ1n) is 5.94. The van der Waals surface area contributed by atoms with Crippen molar-refractivity contribution >= 4 is 11.5 Å². The molecule has 0 aliphatic carbocycles. The van der Waals surface area contributed by atoms with Crippen LogP contribution >= 0.6 is 0 Å². The van der Waals surface area contributed by atoms with Gasteiger partial charge in [0.25, 0.3) is 0 Å². The molecule has 0 unspecified atom stereocenters. The highest BCUT2D eigenvalue weighted by Crippen LogP contribution is 2.18. The number of anilines is 2. The highest BCUT2D eigenvalue weighted by Gasteiger charge is 2.10. The molecule has 3 N–H and O–H groups in total. The van der Waals surface area contributed by atoms with Gasteiger partial charge in [-0.3, -0.25) is 0 Å². The van der Waals surface area contributed by atoms with E-state index in [1.165, 1.54) is 0 Å². The zero-order valence-corrected chi connectivity index (χ0v) is 10.9. The van der Waals surface area contributed by atoms with E-state index in [1.54, 1.807) is 0 Å². The highest BCUT2D eigenvalue weighted by molar-refractivity contribution is 5.56. The Bertz CT molecular complexity index is 626. The average Bonchev–Trinajstić information content (AvgIpc) is 2.42. The zero-order valence-electron chi connectivity index (χ0n) is 10.9. The number of rotatable bonds is 3. The number of hydrogen-bond acceptors (Lipinski definition) is 5. The Labute approximate surface area is 112 Å². The smallest absolute Gasteiger partial charge is 0.167 e. The van der Waals surface area contributed by atoms with Crippen LogP contribution < -0.4 is 11.1 Å². The number of aromatic nitrogens is 2. The number of benzene rings is 1. The molecule has 2 rings (SSSR count). The van der Waals surface area contributed by atoms with Gasteiger partial charge in [-0.05, 0) is 37.1 Å². The van der Waals surface area contributed by atoms with Crippen LogP contribution in [0.15, 0.2) is 24.3 Å². The maximum Gasteiger partial charge on any atom is 0.167 e. The van der Waals surface area contributed by atoms with Crippen molar-refractivity contribution in [3.8, 4) is 6.07 Å². The molecule has 0 radical (unpaired) electrons. The third-order valence-electron chi connectivity index (χ3n) is 3.01. The molecule has 96 valence electrons. The fourth-order valence-electron chi connectivity index (χ4n) is 1.69. The van der Waals surface area contributed by atoms with Crippen molar-refractivity contribution in [3.63, 3.8) is 0 Å². The van der Waals surface area contributed by atoms with Gasteiger partial charge >= 0.3 is 0 Å². The Morgan fingerprint density at radius 1 is 1.21 bits per heavy atom. The van der Waals surface area contributed by atoms with Crippen molar-refractivity contribution in [3.05, 3.63) is 46.6 Å². The summed E-state index contributed by atoms with van der Waals surface area (Å²) in [6.07, 6.45) is 0. The van der Waals surface area contributed by atoms with E-state index in [9.17, 15) is 5.26 Å². The molecular formula is C14H15N5. The first kappa shape index (κ1) is 12.8. The zero-order chi connectivity index (χ0) is 13.8. The van der Waals surface area contributed by atoms with Gasteiger partial charge in [-0.2, -0.15) is 10.4 Å². The fourth-order valence-corrected chi connectivity index (χ4v) is 1.69. The number of nitrogens with two attached hydrogens (primary N) is 1. The number of nitrogens with zero attached hydrogens (tertiary/aromatic N) is 3. The second-order valence-corrected chi connectivity index (χ2v) is 4.34. The molecule has 5 heteroatoms. The standard InChI is InChI=1S/C14H15N5/c1-9-10(2)18-19-14(13(9)7-15)17-8-11-3-5-12(16)6-4-11/h3-6H,8,16H2,1-2H3,(H,17,19). The SMILES string of the molecule is Cc1nnc(NCc2ccc(N)cc2)c(C#N)c1C. The normalized spacial score (nSPS) is 9.95. The summed E-state index contributed by atoms with van der Waals surface area (Å²) >= 11 is 0. The van der Waals surface area contributed by atoms with Crippen LogP contribution in [-0.4, -0.2) is 10.2 Å². The molecule has 0 amide bonds. The summed E-state index contributed by atoms with van der Waals surface area (Å²) in [5.74, 6) is 0.516. The lowest BCUT2D eigenvalue weighted by molar-refractivity contribution is 0.941. The highest BCUT2D eigenvalue weighted by atomic mass is 15.2. The molecule has 2 aromatic rings. The largest absolute Gasteiger partial charge is 0.399 e.